The Bertz CT molecular complexity index is 659. The van der Waals surface area contributed by atoms with Gasteiger partial charge in [0.2, 0.25) is 5.75 Å². The number of aryl methyl sites for hydroxylation is 1. The summed E-state index contributed by atoms with van der Waals surface area (Å²) >= 11 is 11.7. The van der Waals surface area contributed by atoms with Gasteiger partial charge in [0.25, 0.3) is 0 Å². The molecular weight excluding hydrogens is 301 g/mol. The van der Waals surface area contributed by atoms with Crippen LogP contribution < -0.4 is 4.74 Å². The largest absolute Gasteiger partial charge is 0.450 e. The fraction of sp³-hybridized carbons (Fsp3) is 0.143. The molecule has 0 fully saturated rings. The first-order valence-corrected chi connectivity index (χ1v) is 6.70. The number of hydrogen-bond acceptors (Lipinski definition) is 3. The minimum Gasteiger partial charge on any atom is -0.450 e. The molecule has 0 amide bonds. The number of benzene rings is 2. The SMILES string of the molecule is Cc1ccc(Oc2ccc(Cl)cc2CCl)c([N+](=O)[O-])c1. The van der Waals surface area contributed by atoms with E-state index in [4.69, 9.17) is 27.9 Å². The normalized spacial score (nSPS) is 10.3. The molecule has 0 saturated carbocycles. The number of halogens is 2. The van der Waals surface area contributed by atoms with Gasteiger partial charge in [-0.2, -0.15) is 0 Å². The third kappa shape index (κ3) is 3.21. The van der Waals surface area contributed by atoms with E-state index in [0.29, 0.717) is 16.3 Å². The highest BCUT2D eigenvalue weighted by molar-refractivity contribution is 6.30. The van der Waals surface area contributed by atoms with Crippen LogP contribution in [-0.2, 0) is 5.88 Å². The Hall–Kier alpha value is -1.78. The van der Waals surface area contributed by atoms with E-state index < -0.39 is 4.92 Å². The molecule has 0 aromatic heterocycles. The van der Waals surface area contributed by atoms with Crippen LogP contribution in [0.25, 0.3) is 0 Å². The van der Waals surface area contributed by atoms with Crippen molar-refractivity contribution in [1.29, 1.82) is 0 Å². The molecule has 0 aliphatic heterocycles. The number of hydrogen-bond donors (Lipinski definition) is 0. The lowest BCUT2D eigenvalue weighted by molar-refractivity contribution is -0.385. The second-order valence-corrected chi connectivity index (χ2v) is 4.92. The van der Waals surface area contributed by atoms with E-state index in [1.165, 1.54) is 6.07 Å². The Kier molecular flexibility index (Phi) is 4.47. The second-order valence-electron chi connectivity index (χ2n) is 4.22. The van der Waals surface area contributed by atoms with Crippen LogP contribution in [0, 0.1) is 17.0 Å². The smallest absolute Gasteiger partial charge is 0.311 e. The molecule has 104 valence electrons. The molecule has 4 nitrogen and oxygen atoms in total. The summed E-state index contributed by atoms with van der Waals surface area (Å²) in [5, 5.41) is 11.6. The molecule has 0 bridgehead atoms. The monoisotopic (exact) mass is 311 g/mol. The van der Waals surface area contributed by atoms with Crippen LogP contribution in [0.5, 0.6) is 11.5 Å². The first kappa shape index (κ1) is 14.6. The number of alkyl halides is 1. The van der Waals surface area contributed by atoms with Crippen molar-refractivity contribution in [1.82, 2.24) is 0 Å². The molecule has 0 aliphatic carbocycles. The van der Waals surface area contributed by atoms with Crippen molar-refractivity contribution in [2.75, 3.05) is 0 Å². The maximum Gasteiger partial charge on any atom is 0.311 e. The second kappa shape index (κ2) is 6.11. The molecule has 0 heterocycles. The molecule has 2 rings (SSSR count). The van der Waals surface area contributed by atoms with E-state index in [0.717, 1.165) is 5.56 Å². The molecule has 20 heavy (non-hydrogen) atoms. The van der Waals surface area contributed by atoms with Crippen molar-refractivity contribution in [2.45, 2.75) is 12.8 Å². The summed E-state index contributed by atoms with van der Waals surface area (Å²) in [6.07, 6.45) is 0. The van der Waals surface area contributed by atoms with E-state index in [1.807, 2.05) is 0 Å². The molecule has 2 aromatic rings. The molecule has 2 aromatic carbocycles. The molecule has 6 heteroatoms. The molecule has 0 saturated heterocycles. The van der Waals surface area contributed by atoms with Gasteiger partial charge in [0.05, 0.1) is 10.8 Å². The van der Waals surface area contributed by atoms with Gasteiger partial charge in [-0.05, 0) is 36.8 Å². The Labute approximate surface area is 126 Å². The summed E-state index contributed by atoms with van der Waals surface area (Å²) in [6, 6.07) is 9.74. The minimum atomic E-state index is -0.474. The Morgan fingerprint density at radius 1 is 1.20 bits per heavy atom. The van der Waals surface area contributed by atoms with Crippen LogP contribution in [0.3, 0.4) is 0 Å². The van der Waals surface area contributed by atoms with Crippen LogP contribution in [0.1, 0.15) is 11.1 Å². The van der Waals surface area contributed by atoms with E-state index in [-0.39, 0.29) is 17.3 Å². The van der Waals surface area contributed by atoms with Crippen LogP contribution in [0.2, 0.25) is 5.02 Å². The molecular formula is C14H11Cl2NO3. The minimum absolute atomic E-state index is 0.0829. The number of nitro benzene ring substituents is 1. The highest BCUT2D eigenvalue weighted by Gasteiger charge is 2.17. The van der Waals surface area contributed by atoms with Crippen molar-refractivity contribution >= 4 is 28.9 Å². The molecule has 0 N–H and O–H groups in total. The van der Waals surface area contributed by atoms with Crippen molar-refractivity contribution in [3.63, 3.8) is 0 Å². The van der Waals surface area contributed by atoms with E-state index in [9.17, 15) is 10.1 Å². The van der Waals surface area contributed by atoms with Crippen LogP contribution in [-0.4, -0.2) is 4.92 Å². The molecule has 0 atom stereocenters. The highest BCUT2D eigenvalue weighted by atomic mass is 35.5. The van der Waals surface area contributed by atoms with Gasteiger partial charge in [-0.1, -0.05) is 17.7 Å². The topological polar surface area (TPSA) is 52.4 Å². The van der Waals surface area contributed by atoms with Crippen molar-refractivity contribution in [3.05, 3.63) is 62.7 Å². The lowest BCUT2D eigenvalue weighted by atomic mass is 10.2. The van der Waals surface area contributed by atoms with Crippen molar-refractivity contribution < 1.29 is 9.66 Å². The first-order valence-electron chi connectivity index (χ1n) is 5.78. The average Bonchev–Trinajstić information content (AvgIpc) is 2.42. The summed E-state index contributed by atoms with van der Waals surface area (Å²) in [7, 11) is 0. The van der Waals surface area contributed by atoms with E-state index in [2.05, 4.69) is 0 Å². The predicted octanol–water partition coefficient (Wildman–Crippen LogP) is 5.09. The third-order valence-corrected chi connectivity index (χ3v) is 3.22. The maximum absolute atomic E-state index is 11.1. The van der Waals surface area contributed by atoms with Crippen LogP contribution in [0.4, 0.5) is 5.69 Å². The maximum atomic E-state index is 11.1. The Balaban J connectivity index is 2.42. The number of nitro groups is 1. The zero-order chi connectivity index (χ0) is 14.7. The summed E-state index contributed by atoms with van der Waals surface area (Å²) in [4.78, 5) is 10.6. The highest BCUT2D eigenvalue weighted by Crippen LogP contribution is 2.34. The standard InChI is InChI=1S/C14H11Cl2NO3/c1-9-2-4-14(12(6-9)17(18)19)20-13-5-3-11(16)7-10(13)8-15/h2-7H,8H2,1H3. The van der Waals surface area contributed by atoms with Crippen molar-refractivity contribution in [2.24, 2.45) is 0 Å². The van der Waals surface area contributed by atoms with Gasteiger partial charge in [0.1, 0.15) is 5.75 Å². The summed E-state index contributed by atoms with van der Waals surface area (Å²) in [5.41, 5.74) is 1.38. The van der Waals surface area contributed by atoms with Gasteiger partial charge in [0.15, 0.2) is 0 Å². The zero-order valence-corrected chi connectivity index (χ0v) is 12.1. The van der Waals surface area contributed by atoms with Gasteiger partial charge in [0, 0.05) is 16.7 Å². The number of rotatable bonds is 4. The van der Waals surface area contributed by atoms with Gasteiger partial charge >= 0.3 is 5.69 Å². The average molecular weight is 312 g/mol. The fourth-order valence-corrected chi connectivity index (χ4v) is 2.13. The molecule has 0 spiro atoms. The van der Waals surface area contributed by atoms with Gasteiger partial charge < -0.3 is 4.74 Å². The predicted molar refractivity (Wildman–Crippen MR) is 78.9 cm³/mol. The van der Waals surface area contributed by atoms with Crippen LogP contribution >= 0.6 is 23.2 Å². The lowest BCUT2D eigenvalue weighted by Gasteiger charge is -2.10. The van der Waals surface area contributed by atoms with Gasteiger partial charge in [-0.25, -0.2) is 0 Å². The lowest BCUT2D eigenvalue weighted by Crippen LogP contribution is -1.96. The molecule has 0 aliphatic rings. The summed E-state index contributed by atoms with van der Waals surface area (Å²) in [5.74, 6) is 0.834. The van der Waals surface area contributed by atoms with Gasteiger partial charge in [-0.15, -0.1) is 11.6 Å². The number of ether oxygens (including phenoxy) is 1. The number of nitrogens with zero attached hydrogens (tertiary/aromatic N) is 1. The summed E-state index contributed by atoms with van der Waals surface area (Å²) in [6.45, 7) is 1.78. The Morgan fingerprint density at radius 3 is 2.55 bits per heavy atom. The molecule has 0 unspecified atom stereocenters. The van der Waals surface area contributed by atoms with Gasteiger partial charge in [-0.3, -0.25) is 10.1 Å². The molecule has 0 radical (unpaired) electrons. The van der Waals surface area contributed by atoms with E-state index >= 15 is 0 Å². The van der Waals surface area contributed by atoms with Crippen molar-refractivity contribution in [3.8, 4) is 11.5 Å². The quantitative estimate of drug-likeness (QED) is 0.449. The van der Waals surface area contributed by atoms with E-state index in [1.54, 1.807) is 37.3 Å². The third-order valence-electron chi connectivity index (χ3n) is 2.70. The van der Waals surface area contributed by atoms with Crippen LogP contribution in [0.15, 0.2) is 36.4 Å². The zero-order valence-electron chi connectivity index (χ0n) is 10.6. The summed E-state index contributed by atoms with van der Waals surface area (Å²) < 4.78 is 5.62. The fourth-order valence-electron chi connectivity index (χ4n) is 1.73. The first-order chi connectivity index (χ1) is 9.51. The Morgan fingerprint density at radius 2 is 1.90 bits per heavy atom.